The molecule has 2 unspecified atom stereocenters. The summed E-state index contributed by atoms with van der Waals surface area (Å²) in [6, 6.07) is 0. The molecule has 6 atom stereocenters. The van der Waals surface area contributed by atoms with E-state index in [1.165, 1.54) is 128 Å². The Hall–Kier alpha value is -2.65. The van der Waals surface area contributed by atoms with Gasteiger partial charge >= 0.3 is 11.9 Å². The lowest BCUT2D eigenvalue weighted by atomic mass is 10.00. The molecule has 1 aliphatic rings. The average Bonchev–Trinajstić information content (AvgIpc) is 3.31. The zero-order valence-electron chi connectivity index (χ0n) is 42.4. The number of rotatable bonds is 45. The Labute approximate surface area is 413 Å². The molecule has 1 saturated heterocycles. The minimum absolute atomic E-state index is 0.0952. The van der Waals surface area contributed by atoms with Crippen LogP contribution in [0.25, 0.3) is 0 Å². The van der Waals surface area contributed by atoms with Crippen LogP contribution in [-0.4, -0.2) is 96.0 Å². The Bertz CT molecular complexity index is 1470. The fourth-order valence-electron chi connectivity index (χ4n) is 7.96. The molecule has 1 aliphatic heterocycles. The van der Waals surface area contributed by atoms with Gasteiger partial charge in [-0.15, -0.1) is 0 Å². The molecule has 0 spiro atoms. The second kappa shape index (κ2) is 44.3. The van der Waals surface area contributed by atoms with E-state index in [2.05, 4.69) is 62.5 Å². The smallest absolute Gasteiger partial charge is 0.306 e. The summed E-state index contributed by atoms with van der Waals surface area (Å²) in [6.07, 6.45) is 47.0. The van der Waals surface area contributed by atoms with Crippen molar-refractivity contribution < 1.29 is 56.8 Å². The number of aliphatic hydroxyl groups is 3. The van der Waals surface area contributed by atoms with E-state index < -0.39 is 71.2 Å². The molecule has 0 bridgehead atoms. The number of unbranched alkanes of at least 4 members (excludes halogenated alkanes) is 23. The quantitative estimate of drug-likeness (QED) is 0.0196. The summed E-state index contributed by atoms with van der Waals surface area (Å²) >= 11 is 0. The average molecular weight is 981 g/mol. The number of carbonyl (C=O) groups excluding carboxylic acids is 2. The molecule has 0 amide bonds. The van der Waals surface area contributed by atoms with E-state index in [4.69, 9.17) is 18.9 Å². The van der Waals surface area contributed by atoms with Crippen LogP contribution in [0.5, 0.6) is 0 Å². The summed E-state index contributed by atoms with van der Waals surface area (Å²) < 4.78 is 54.2. The zero-order valence-corrected chi connectivity index (χ0v) is 43.3. The summed E-state index contributed by atoms with van der Waals surface area (Å²) in [6.45, 7) is 3.70. The lowest BCUT2D eigenvalue weighted by molar-refractivity contribution is -0.297. The first kappa shape index (κ1) is 63.4. The fourth-order valence-corrected chi connectivity index (χ4v) is 8.65. The van der Waals surface area contributed by atoms with Crippen LogP contribution in [0.15, 0.2) is 60.8 Å². The van der Waals surface area contributed by atoms with Gasteiger partial charge in [-0.3, -0.25) is 14.1 Å². The summed E-state index contributed by atoms with van der Waals surface area (Å²) in [4.78, 5) is 25.5. The predicted molar refractivity (Wildman–Crippen MR) is 275 cm³/mol. The minimum Gasteiger partial charge on any atom is -0.462 e. The Kier molecular flexibility index (Phi) is 41.3. The van der Waals surface area contributed by atoms with Gasteiger partial charge in [-0.25, -0.2) is 0 Å². The van der Waals surface area contributed by atoms with Crippen LogP contribution in [0.3, 0.4) is 0 Å². The first-order valence-electron chi connectivity index (χ1n) is 26.8. The van der Waals surface area contributed by atoms with E-state index in [9.17, 15) is 37.9 Å². The number of ether oxygens (including phenoxy) is 4. The Morgan fingerprint density at radius 2 is 0.912 bits per heavy atom. The molecule has 4 N–H and O–H groups in total. The molecular weight excluding hydrogens is 885 g/mol. The number of esters is 2. The van der Waals surface area contributed by atoms with Gasteiger partial charge in [-0.1, -0.05) is 216 Å². The normalized spacial score (nSPS) is 19.6. The van der Waals surface area contributed by atoms with Gasteiger partial charge in [0.1, 0.15) is 36.8 Å². The molecule has 12 nitrogen and oxygen atoms in total. The van der Waals surface area contributed by atoms with Crippen LogP contribution in [0.2, 0.25) is 0 Å². The van der Waals surface area contributed by atoms with Gasteiger partial charge < -0.3 is 34.3 Å². The van der Waals surface area contributed by atoms with Crippen molar-refractivity contribution in [2.75, 3.05) is 19.0 Å². The van der Waals surface area contributed by atoms with Crippen molar-refractivity contribution in [1.29, 1.82) is 0 Å². The van der Waals surface area contributed by atoms with Crippen molar-refractivity contribution in [1.82, 2.24) is 0 Å². The predicted octanol–water partition coefficient (Wildman–Crippen LogP) is 12.5. The minimum atomic E-state index is -4.62. The van der Waals surface area contributed by atoms with E-state index in [0.717, 1.165) is 51.4 Å². The molecule has 0 aromatic carbocycles. The molecule has 0 aliphatic carbocycles. The highest BCUT2D eigenvalue weighted by atomic mass is 32.2. The first-order chi connectivity index (χ1) is 33.0. The zero-order chi connectivity index (χ0) is 49.8. The largest absolute Gasteiger partial charge is 0.462 e. The third-order valence-electron chi connectivity index (χ3n) is 12.1. The molecule has 394 valence electrons. The van der Waals surface area contributed by atoms with E-state index >= 15 is 0 Å². The van der Waals surface area contributed by atoms with Crippen molar-refractivity contribution in [3.63, 3.8) is 0 Å². The van der Waals surface area contributed by atoms with E-state index in [1.807, 2.05) is 12.2 Å². The Morgan fingerprint density at radius 1 is 0.500 bits per heavy atom. The summed E-state index contributed by atoms with van der Waals surface area (Å²) in [5, 5.41) is 31.0. The first-order valence-corrected chi connectivity index (χ1v) is 28.5. The highest BCUT2D eigenvalue weighted by Gasteiger charge is 2.46. The Morgan fingerprint density at radius 3 is 1.37 bits per heavy atom. The van der Waals surface area contributed by atoms with Crippen LogP contribution in [0.4, 0.5) is 0 Å². The SMILES string of the molecule is CCCCC/C=C/C/C=C/C/C=C/C/C=C/C/C=C/CCC(=O)OC[C@H](CO[C@H]1O[C@H](CS(=O)(=O)O)[C@@H](O)C(O)C1O)OC(=O)CCCCCCCCCCCCCCCCCCCCCCC. The maximum absolute atomic E-state index is 12.9. The van der Waals surface area contributed by atoms with Crippen molar-refractivity contribution in [2.24, 2.45) is 0 Å². The molecule has 68 heavy (non-hydrogen) atoms. The number of allylic oxidation sites excluding steroid dienone is 10. The molecule has 1 rings (SSSR count). The molecule has 0 radical (unpaired) electrons. The number of hydrogen-bond donors (Lipinski definition) is 4. The second-order valence-electron chi connectivity index (χ2n) is 18.5. The van der Waals surface area contributed by atoms with Gasteiger partial charge in [0.25, 0.3) is 10.1 Å². The summed E-state index contributed by atoms with van der Waals surface area (Å²) in [5.74, 6) is -2.08. The number of hydrogen-bond acceptors (Lipinski definition) is 11. The van der Waals surface area contributed by atoms with Crippen molar-refractivity contribution in [3.8, 4) is 0 Å². The molecule has 13 heteroatoms. The van der Waals surface area contributed by atoms with Gasteiger partial charge in [0.05, 0.1) is 6.61 Å². The lowest BCUT2D eigenvalue weighted by Crippen LogP contribution is -2.60. The number of aliphatic hydroxyl groups excluding tert-OH is 3. The van der Waals surface area contributed by atoms with Crippen LogP contribution in [0.1, 0.15) is 219 Å². The monoisotopic (exact) mass is 981 g/mol. The Balaban J connectivity index is 2.40. The van der Waals surface area contributed by atoms with Crippen molar-refractivity contribution in [3.05, 3.63) is 60.8 Å². The lowest BCUT2D eigenvalue weighted by Gasteiger charge is -2.40. The van der Waals surface area contributed by atoms with Gasteiger partial charge in [0.2, 0.25) is 0 Å². The number of carbonyl (C=O) groups is 2. The molecule has 1 fully saturated rings. The molecule has 0 aromatic rings. The molecular formula is C55H96O12S. The highest BCUT2D eigenvalue weighted by Crippen LogP contribution is 2.24. The third-order valence-corrected chi connectivity index (χ3v) is 12.9. The highest BCUT2D eigenvalue weighted by molar-refractivity contribution is 7.85. The molecule has 0 saturated carbocycles. The van der Waals surface area contributed by atoms with Gasteiger partial charge in [0, 0.05) is 12.8 Å². The van der Waals surface area contributed by atoms with Crippen LogP contribution < -0.4 is 0 Å². The maximum atomic E-state index is 12.9. The maximum Gasteiger partial charge on any atom is 0.306 e. The second-order valence-corrected chi connectivity index (χ2v) is 20.0. The van der Waals surface area contributed by atoms with Gasteiger partial charge in [-0.2, -0.15) is 8.42 Å². The van der Waals surface area contributed by atoms with Crippen molar-refractivity contribution >= 4 is 22.1 Å². The van der Waals surface area contributed by atoms with Crippen LogP contribution in [-0.2, 0) is 38.7 Å². The van der Waals surface area contributed by atoms with Gasteiger partial charge in [0.15, 0.2) is 12.4 Å². The van der Waals surface area contributed by atoms with Crippen LogP contribution >= 0.6 is 0 Å². The fraction of sp³-hybridized carbons (Fsp3) is 0.782. The summed E-state index contributed by atoms with van der Waals surface area (Å²) in [5.41, 5.74) is 0. The molecule has 0 aromatic heterocycles. The third kappa shape index (κ3) is 38.1. The molecule has 1 heterocycles. The van der Waals surface area contributed by atoms with Crippen LogP contribution in [0, 0.1) is 0 Å². The standard InChI is InChI=1S/C55H96O12S/c1-3-5-7-9-11-13-15-17-19-21-23-24-26-28-30-32-34-36-38-40-42-44-51(57)66-48(46-65-55-54(60)53(59)52(58)49(67-55)47-68(61,62)63)45-64-50(56)43-41-39-37-35-33-31-29-27-25-22-20-18-16-14-12-10-8-6-4-2/h12,14,18,20,25,27,31,33,37,39,48-49,52-55,58-60H,3-11,13,15-17,19,21-24,26,28-30,32,34-36,38,40-47H2,1-2H3,(H,61,62,63)/b14-12+,20-18+,27-25+,33-31+,39-37+/t48-,49-,52-,53?,54?,55+/m1/s1. The van der Waals surface area contributed by atoms with Crippen molar-refractivity contribution in [2.45, 2.75) is 256 Å². The van der Waals surface area contributed by atoms with Gasteiger partial charge in [-0.05, 0) is 51.4 Å². The summed E-state index contributed by atoms with van der Waals surface area (Å²) in [7, 11) is -4.62. The van der Waals surface area contributed by atoms with E-state index in [1.54, 1.807) is 0 Å². The topological polar surface area (TPSA) is 186 Å². The van der Waals surface area contributed by atoms with E-state index in [0.29, 0.717) is 12.8 Å². The van der Waals surface area contributed by atoms with E-state index in [-0.39, 0.29) is 19.4 Å².